The molecule has 8 rings (SSSR count). The molecule has 1 aliphatic rings. The molecule has 1 atom stereocenters. The second-order valence-corrected chi connectivity index (χ2v) is 17.0. The molecule has 0 saturated heterocycles. The number of methoxy groups -OCH3 is 1. The third-order valence-electron chi connectivity index (χ3n) is 11.9. The van der Waals surface area contributed by atoms with E-state index in [2.05, 4.69) is 16.5 Å². The maximum absolute atomic E-state index is 15.8. The van der Waals surface area contributed by atoms with E-state index in [1.54, 1.807) is 20.2 Å². The maximum Gasteiger partial charge on any atom is 0.354 e. The summed E-state index contributed by atoms with van der Waals surface area (Å²) in [5, 5.41) is 7.78. The summed E-state index contributed by atoms with van der Waals surface area (Å²) < 4.78 is 28.9. The van der Waals surface area contributed by atoms with Crippen LogP contribution in [0, 0.1) is 27.7 Å². The second-order valence-electron chi connectivity index (χ2n) is 16.2. The van der Waals surface area contributed by atoms with E-state index in [0.717, 1.165) is 77.5 Å². The van der Waals surface area contributed by atoms with Crippen LogP contribution in [0.4, 0.5) is 5.69 Å². The molecule has 0 saturated carbocycles. The van der Waals surface area contributed by atoms with Crippen LogP contribution in [0.2, 0.25) is 10.0 Å². The predicted molar refractivity (Wildman–Crippen MR) is 248 cm³/mol. The fraction of sp³-hybridized carbons (Fsp3) is 0.347. The molecule has 0 N–H and O–H groups in total. The van der Waals surface area contributed by atoms with Crippen molar-refractivity contribution in [2.24, 2.45) is 7.05 Å². The number of carbonyl (C=O) groups excluding carboxylic acids is 2. The molecule has 328 valence electrons. The molecule has 4 aromatic heterocycles. The summed E-state index contributed by atoms with van der Waals surface area (Å²) in [4.78, 5) is 35.9. The Labute approximate surface area is 377 Å². The number of carbonyl (C=O) groups is 2. The lowest BCUT2D eigenvalue weighted by molar-refractivity contribution is -0.0390. The minimum atomic E-state index is -0.468. The number of rotatable bonds is 15. The van der Waals surface area contributed by atoms with Gasteiger partial charge in [0.15, 0.2) is 0 Å². The first-order chi connectivity index (χ1) is 30.3. The number of esters is 1. The van der Waals surface area contributed by atoms with E-state index in [9.17, 15) is 4.79 Å². The zero-order chi connectivity index (χ0) is 44.7. The summed E-state index contributed by atoms with van der Waals surface area (Å²) in [7, 11) is 3.50. The fourth-order valence-corrected chi connectivity index (χ4v) is 9.47. The topological polar surface area (TPSA) is 115 Å². The van der Waals surface area contributed by atoms with Crippen molar-refractivity contribution in [3.05, 3.63) is 128 Å². The van der Waals surface area contributed by atoms with Gasteiger partial charge in [-0.25, -0.2) is 4.79 Å². The van der Waals surface area contributed by atoms with Crippen molar-refractivity contribution in [2.75, 3.05) is 38.6 Å². The van der Waals surface area contributed by atoms with Crippen molar-refractivity contribution in [3.63, 3.8) is 0 Å². The van der Waals surface area contributed by atoms with Crippen LogP contribution in [0.3, 0.4) is 0 Å². The van der Waals surface area contributed by atoms with Gasteiger partial charge in [0.2, 0.25) is 0 Å². The first kappa shape index (κ1) is 44.0. The molecule has 5 heterocycles. The molecule has 0 spiro atoms. The zero-order valence-corrected chi connectivity index (χ0v) is 38.5. The Bertz CT molecular complexity index is 2860. The predicted octanol–water partition coefficient (Wildman–Crippen LogP) is 10.5. The normalized spacial score (nSPS) is 14.0. The molecule has 7 aromatic rings. The molecular weight excluding hydrogens is 839 g/mol. The monoisotopic (exact) mass is 890 g/mol. The van der Waals surface area contributed by atoms with Crippen LogP contribution < -0.4 is 9.64 Å². The van der Waals surface area contributed by atoms with Crippen LogP contribution in [0.15, 0.2) is 66.9 Å². The number of hydrogen-bond acceptors (Lipinski definition) is 8. The molecular formula is C49H52Cl2N6O6. The van der Waals surface area contributed by atoms with Crippen molar-refractivity contribution in [2.45, 2.75) is 73.6 Å². The van der Waals surface area contributed by atoms with E-state index in [0.29, 0.717) is 53.6 Å². The molecule has 1 amide bonds. The molecule has 63 heavy (non-hydrogen) atoms. The lowest BCUT2D eigenvalue weighted by Crippen LogP contribution is -2.43. The molecule has 3 aromatic carbocycles. The third kappa shape index (κ3) is 8.21. The number of fused-ring (bicyclic) bond motifs is 4. The second kappa shape index (κ2) is 18.2. The van der Waals surface area contributed by atoms with Crippen LogP contribution in [0.1, 0.15) is 86.6 Å². The Balaban J connectivity index is 1.32. The Kier molecular flexibility index (Phi) is 12.7. The van der Waals surface area contributed by atoms with E-state index in [1.807, 2.05) is 110 Å². The number of halogens is 2. The Morgan fingerprint density at radius 2 is 1.75 bits per heavy atom. The van der Waals surface area contributed by atoms with Gasteiger partial charge in [0.25, 0.3) is 5.91 Å². The van der Waals surface area contributed by atoms with Crippen LogP contribution in [-0.4, -0.2) is 69.4 Å². The van der Waals surface area contributed by atoms with E-state index in [4.69, 9.17) is 47.2 Å². The van der Waals surface area contributed by atoms with E-state index in [-0.39, 0.29) is 38.5 Å². The third-order valence-corrected chi connectivity index (χ3v) is 12.8. The van der Waals surface area contributed by atoms with E-state index < -0.39 is 5.97 Å². The maximum atomic E-state index is 15.8. The molecule has 1 aliphatic heterocycles. The van der Waals surface area contributed by atoms with Crippen molar-refractivity contribution in [1.82, 2.24) is 23.9 Å². The van der Waals surface area contributed by atoms with Gasteiger partial charge in [-0.15, -0.1) is 0 Å². The zero-order valence-electron chi connectivity index (χ0n) is 37.0. The number of pyridine rings is 1. The van der Waals surface area contributed by atoms with Gasteiger partial charge >= 0.3 is 5.97 Å². The summed E-state index contributed by atoms with van der Waals surface area (Å²) >= 11 is 13.7. The molecule has 12 nitrogen and oxygen atoms in total. The van der Waals surface area contributed by atoms with Crippen molar-refractivity contribution < 1.29 is 28.5 Å². The lowest BCUT2D eigenvalue weighted by atomic mass is 9.98. The van der Waals surface area contributed by atoms with Gasteiger partial charge in [-0.2, -0.15) is 5.10 Å². The number of ether oxygens (including phenoxy) is 4. The number of aryl methyl sites for hydroxylation is 5. The highest BCUT2D eigenvalue weighted by atomic mass is 35.5. The number of aromatic nitrogens is 5. The van der Waals surface area contributed by atoms with Crippen LogP contribution in [0.25, 0.3) is 32.9 Å². The summed E-state index contributed by atoms with van der Waals surface area (Å²) in [6.07, 6.45) is 2.90. The fourth-order valence-electron chi connectivity index (χ4n) is 9.11. The van der Waals surface area contributed by atoms with Gasteiger partial charge in [0.1, 0.15) is 23.9 Å². The smallest absolute Gasteiger partial charge is 0.354 e. The average molecular weight is 892 g/mol. The van der Waals surface area contributed by atoms with Crippen molar-refractivity contribution in [3.8, 4) is 16.9 Å². The van der Waals surface area contributed by atoms with E-state index >= 15 is 4.79 Å². The quantitative estimate of drug-likeness (QED) is 0.0568. The first-order valence-electron chi connectivity index (χ1n) is 21.2. The van der Waals surface area contributed by atoms with Gasteiger partial charge in [0, 0.05) is 65.6 Å². The highest BCUT2D eigenvalue weighted by Crippen LogP contribution is 2.46. The van der Waals surface area contributed by atoms with Gasteiger partial charge in [-0.1, -0.05) is 35.3 Å². The summed E-state index contributed by atoms with van der Waals surface area (Å²) in [6.45, 7) is 13.4. The number of nitrogens with zero attached hydrogens (tertiary/aromatic N) is 6. The summed E-state index contributed by atoms with van der Waals surface area (Å²) in [5.41, 5.74) is 11.2. The molecule has 14 heteroatoms. The largest absolute Gasteiger partial charge is 0.494 e. The number of amides is 1. The SMILES string of the molecule is CCOC(=O)c1cc2cc(COCOC)cc(N3C[C@@H](C)n4c(c(CCCOc5cc(C)c(Cl)c(C)c5)c5ccc(Cl)c(-c6c(C)nn(C)c6C)c54)C3=O)c2n1Cc1ccccn1. The Morgan fingerprint density at radius 1 is 0.968 bits per heavy atom. The van der Waals surface area contributed by atoms with Crippen molar-refractivity contribution in [1.29, 1.82) is 0 Å². The molecule has 0 unspecified atom stereocenters. The number of anilines is 1. The Hall–Kier alpha value is -5.66. The molecule has 0 aliphatic carbocycles. The number of hydrogen-bond donors (Lipinski definition) is 0. The van der Waals surface area contributed by atoms with Gasteiger partial charge in [0.05, 0.1) is 59.5 Å². The molecule has 0 radical (unpaired) electrons. The first-order valence-corrected chi connectivity index (χ1v) is 22.0. The summed E-state index contributed by atoms with van der Waals surface area (Å²) in [5.74, 6) is 0.107. The minimum absolute atomic E-state index is 0.0903. The number of benzene rings is 3. The van der Waals surface area contributed by atoms with Gasteiger partial charge in [-0.05, 0) is 125 Å². The average Bonchev–Trinajstić information content (AvgIpc) is 3.88. The Morgan fingerprint density at radius 3 is 2.43 bits per heavy atom. The molecule has 0 fully saturated rings. The van der Waals surface area contributed by atoms with E-state index in [1.165, 1.54) is 0 Å². The van der Waals surface area contributed by atoms with Crippen LogP contribution >= 0.6 is 23.2 Å². The highest BCUT2D eigenvalue weighted by Gasteiger charge is 2.38. The molecule has 0 bridgehead atoms. The van der Waals surface area contributed by atoms with Gasteiger partial charge in [-0.3, -0.25) is 14.5 Å². The van der Waals surface area contributed by atoms with Gasteiger partial charge < -0.3 is 33.0 Å². The standard InChI is InChI=1S/C49H52Cl2N6O6/c1-9-62-49(59)41-23-34-21-33(26-61-27-60-8)22-40(45(34)55(41)25-35-13-10-11-17-52-35)56-24-30(4)57-46-38(15-16-39(50)43(46)42-31(5)53-54(7)32(42)6)37(47(57)48(56)58)14-12-18-63-36-19-28(2)44(51)29(3)20-36/h10-11,13,15-17,19-23,30H,9,12,14,18,24-27H2,1-8H3/t30-/m1/s1. The van der Waals surface area contributed by atoms with Crippen LogP contribution in [0.5, 0.6) is 5.75 Å². The minimum Gasteiger partial charge on any atom is -0.494 e. The highest BCUT2D eigenvalue weighted by molar-refractivity contribution is 6.35. The van der Waals surface area contributed by atoms with Crippen LogP contribution in [-0.2, 0) is 40.8 Å². The lowest BCUT2D eigenvalue weighted by Gasteiger charge is -2.35. The van der Waals surface area contributed by atoms with Crippen molar-refractivity contribution >= 4 is 62.6 Å². The summed E-state index contributed by atoms with van der Waals surface area (Å²) in [6, 6.07) is 19.1.